The van der Waals surface area contributed by atoms with Gasteiger partial charge < -0.3 is 5.73 Å². The van der Waals surface area contributed by atoms with Crippen LogP contribution >= 0.6 is 0 Å². The number of nitrogens with zero attached hydrogens (tertiary/aromatic N) is 1. The number of nitrogens with two attached hydrogens (primary N) is 1. The molecule has 2 heteroatoms. The van der Waals surface area contributed by atoms with Gasteiger partial charge >= 0.3 is 0 Å². The Kier molecular flexibility index (Phi) is 2.86. The second kappa shape index (κ2) is 4.31. The molecule has 0 atom stereocenters. The molecule has 0 amide bonds. The molecule has 1 aliphatic rings. The van der Waals surface area contributed by atoms with Crippen molar-refractivity contribution in [2.75, 3.05) is 0 Å². The minimum absolute atomic E-state index is 0.188. The molecule has 0 unspecified atom stereocenters. The Hall–Kier alpha value is -1.41. The lowest BCUT2D eigenvalue weighted by molar-refractivity contribution is 0.165. The second-order valence-electron chi connectivity index (χ2n) is 6.74. The van der Waals surface area contributed by atoms with E-state index in [2.05, 4.69) is 37.0 Å². The van der Waals surface area contributed by atoms with E-state index in [0.29, 0.717) is 5.41 Å². The Bertz CT molecular complexity index is 591. The summed E-state index contributed by atoms with van der Waals surface area (Å²) in [4.78, 5) is 4.56. The molecule has 19 heavy (non-hydrogen) atoms. The SMILES string of the molecule is CC1(C)CCC(N)(c2cnc3ccccc3c2)CC1. The molecule has 1 heterocycles. The quantitative estimate of drug-likeness (QED) is 0.835. The highest BCUT2D eigenvalue weighted by molar-refractivity contribution is 5.79. The smallest absolute Gasteiger partial charge is 0.0702 e. The summed E-state index contributed by atoms with van der Waals surface area (Å²) < 4.78 is 0. The van der Waals surface area contributed by atoms with Crippen LogP contribution in [-0.2, 0) is 5.54 Å². The molecule has 2 N–H and O–H groups in total. The van der Waals surface area contributed by atoms with E-state index < -0.39 is 0 Å². The van der Waals surface area contributed by atoms with E-state index in [1.807, 2.05) is 18.3 Å². The summed E-state index contributed by atoms with van der Waals surface area (Å²) in [5.41, 5.74) is 9.15. The van der Waals surface area contributed by atoms with Crippen LogP contribution in [0.1, 0.15) is 45.1 Å². The van der Waals surface area contributed by atoms with E-state index in [-0.39, 0.29) is 5.54 Å². The average molecular weight is 254 g/mol. The Labute approximate surface area is 115 Å². The van der Waals surface area contributed by atoms with Gasteiger partial charge in [0.15, 0.2) is 0 Å². The number of pyridine rings is 1. The first kappa shape index (κ1) is 12.6. The van der Waals surface area contributed by atoms with E-state index in [4.69, 9.17) is 5.73 Å². The lowest BCUT2D eigenvalue weighted by atomic mass is 9.67. The van der Waals surface area contributed by atoms with Crippen LogP contribution in [0.5, 0.6) is 0 Å². The molecule has 0 saturated heterocycles. The van der Waals surface area contributed by atoms with Gasteiger partial charge in [0.25, 0.3) is 0 Å². The van der Waals surface area contributed by atoms with Crippen molar-refractivity contribution in [2.45, 2.75) is 45.1 Å². The maximum absolute atomic E-state index is 6.65. The summed E-state index contributed by atoms with van der Waals surface area (Å²) in [6, 6.07) is 10.5. The summed E-state index contributed by atoms with van der Waals surface area (Å²) in [5, 5.41) is 1.19. The first-order valence-electron chi connectivity index (χ1n) is 7.13. The van der Waals surface area contributed by atoms with Gasteiger partial charge in [-0.15, -0.1) is 0 Å². The van der Waals surface area contributed by atoms with E-state index in [9.17, 15) is 0 Å². The number of para-hydroxylation sites is 1. The molecule has 2 aromatic rings. The highest BCUT2D eigenvalue weighted by Crippen LogP contribution is 2.43. The van der Waals surface area contributed by atoms with Gasteiger partial charge in [0.05, 0.1) is 5.52 Å². The molecule has 1 aromatic heterocycles. The van der Waals surface area contributed by atoms with E-state index in [1.54, 1.807) is 0 Å². The highest BCUT2D eigenvalue weighted by Gasteiger charge is 2.36. The first-order valence-corrected chi connectivity index (χ1v) is 7.13. The number of aromatic nitrogens is 1. The molecule has 0 spiro atoms. The van der Waals surface area contributed by atoms with Crippen molar-refractivity contribution in [3.63, 3.8) is 0 Å². The molecular weight excluding hydrogens is 232 g/mol. The first-order chi connectivity index (χ1) is 8.99. The minimum Gasteiger partial charge on any atom is -0.321 e. The van der Waals surface area contributed by atoms with Crippen molar-refractivity contribution < 1.29 is 0 Å². The summed E-state index contributed by atoms with van der Waals surface area (Å²) in [5.74, 6) is 0. The van der Waals surface area contributed by atoms with Crippen LogP contribution in [0.3, 0.4) is 0 Å². The topological polar surface area (TPSA) is 38.9 Å². The average Bonchev–Trinajstić information content (AvgIpc) is 2.42. The zero-order chi connectivity index (χ0) is 13.5. The van der Waals surface area contributed by atoms with Crippen LogP contribution in [0.15, 0.2) is 36.5 Å². The minimum atomic E-state index is -0.188. The van der Waals surface area contributed by atoms with E-state index in [1.165, 1.54) is 23.8 Å². The van der Waals surface area contributed by atoms with Gasteiger partial charge in [0.2, 0.25) is 0 Å². The molecule has 1 aromatic carbocycles. The van der Waals surface area contributed by atoms with Crippen molar-refractivity contribution in [1.82, 2.24) is 4.98 Å². The standard InChI is InChI=1S/C17H22N2/c1-16(2)7-9-17(18,10-8-16)14-11-13-5-3-4-6-15(13)19-12-14/h3-6,11-12H,7-10,18H2,1-2H3. The highest BCUT2D eigenvalue weighted by atomic mass is 14.8. The molecule has 2 nitrogen and oxygen atoms in total. The second-order valence-corrected chi connectivity index (χ2v) is 6.74. The number of hydrogen-bond acceptors (Lipinski definition) is 2. The molecule has 1 saturated carbocycles. The Morgan fingerprint density at radius 1 is 1.05 bits per heavy atom. The predicted molar refractivity (Wildman–Crippen MR) is 79.9 cm³/mol. The number of fused-ring (bicyclic) bond motifs is 1. The van der Waals surface area contributed by atoms with Crippen LogP contribution in [-0.4, -0.2) is 4.98 Å². The van der Waals surface area contributed by atoms with E-state index in [0.717, 1.165) is 18.4 Å². The van der Waals surface area contributed by atoms with Crippen LogP contribution in [0.2, 0.25) is 0 Å². The zero-order valence-electron chi connectivity index (χ0n) is 11.8. The van der Waals surface area contributed by atoms with Gasteiger partial charge in [-0.3, -0.25) is 4.98 Å². The fourth-order valence-corrected chi connectivity index (χ4v) is 3.00. The third-order valence-corrected chi connectivity index (χ3v) is 4.66. The maximum Gasteiger partial charge on any atom is 0.0702 e. The lowest BCUT2D eigenvalue weighted by Gasteiger charge is -2.41. The lowest BCUT2D eigenvalue weighted by Crippen LogP contribution is -2.42. The van der Waals surface area contributed by atoms with Gasteiger partial charge in [0, 0.05) is 17.1 Å². The van der Waals surface area contributed by atoms with Gasteiger partial charge in [-0.25, -0.2) is 0 Å². The molecule has 100 valence electrons. The normalized spacial score (nSPS) is 21.4. The Morgan fingerprint density at radius 3 is 2.47 bits per heavy atom. The molecular formula is C17H22N2. The molecule has 0 radical (unpaired) electrons. The van der Waals surface area contributed by atoms with Gasteiger partial charge in [-0.2, -0.15) is 0 Å². The molecule has 1 aliphatic carbocycles. The van der Waals surface area contributed by atoms with Crippen molar-refractivity contribution in [3.8, 4) is 0 Å². The van der Waals surface area contributed by atoms with Gasteiger partial charge in [0.1, 0.15) is 0 Å². The molecule has 0 aliphatic heterocycles. The zero-order valence-corrected chi connectivity index (χ0v) is 11.8. The molecule has 1 fully saturated rings. The summed E-state index contributed by atoms with van der Waals surface area (Å²) >= 11 is 0. The molecule has 0 bridgehead atoms. The van der Waals surface area contributed by atoms with Crippen molar-refractivity contribution in [1.29, 1.82) is 0 Å². The van der Waals surface area contributed by atoms with Gasteiger partial charge in [-0.05, 0) is 48.8 Å². The van der Waals surface area contributed by atoms with Crippen molar-refractivity contribution in [2.24, 2.45) is 11.1 Å². The number of hydrogen-bond donors (Lipinski definition) is 1. The van der Waals surface area contributed by atoms with Gasteiger partial charge in [-0.1, -0.05) is 32.0 Å². The fourth-order valence-electron chi connectivity index (χ4n) is 3.00. The Morgan fingerprint density at radius 2 is 1.74 bits per heavy atom. The van der Waals surface area contributed by atoms with Crippen LogP contribution in [0.25, 0.3) is 10.9 Å². The van der Waals surface area contributed by atoms with E-state index >= 15 is 0 Å². The summed E-state index contributed by atoms with van der Waals surface area (Å²) in [6.45, 7) is 4.68. The number of rotatable bonds is 1. The molecule has 3 rings (SSSR count). The fraction of sp³-hybridized carbons (Fsp3) is 0.471. The van der Waals surface area contributed by atoms with Crippen LogP contribution in [0.4, 0.5) is 0 Å². The van der Waals surface area contributed by atoms with Crippen molar-refractivity contribution in [3.05, 3.63) is 42.1 Å². The summed E-state index contributed by atoms with van der Waals surface area (Å²) in [6.07, 6.45) is 6.47. The summed E-state index contributed by atoms with van der Waals surface area (Å²) in [7, 11) is 0. The monoisotopic (exact) mass is 254 g/mol. The maximum atomic E-state index is 6.65. The predicted octanol–water partition coefficient (Wildman–Crippen LogP) is 3.99. The number of benzene rings is 1. The Balaban J connectivity index is 1.95. The largest absolute Gasteiger partial charge is 0.321 e. The van der Waals surface area contributed by atoms with Crippen molar-refractivity contribution >= 4 is 10.9 Å². The van der Waals surface area contributed by atoms with Crippen LogP contribution in [0, 0.1) is 5.41 Å². The third kappa shape index (κ3) is 2.37. The van der Waals surface area contributed by atoms with Crippen LogP contribution < -0.4 is 5.73 Å². The third-order valence-electron chi connectivity index (χ3n) is 4.66.